The van der Waals surface area contributed by atoms with Crippen molar-refractivity contribution in [3.8, 4) is 11.4 Å². The van der Waals surface area contributed by atoms with Crippen LogP contribution in [0.5, 0.6) is 0 Å². The Hall–Kier alpha value is -3.16. The van der Waals surface area contributed by atoms with E-state index in [1.807, 2.05) is 39.0 Å². The van der Waals surface area contributed by atoms with E-state index in [4.69, 9.17) is 0 Å². The third-order valence-corrected chi connectivity index (χ3v) is 3.41. The van der Waals surface area contributed by atoms with Gasteiger partial charge in [0, 0.05) is 11.8 Å². The number of carbonyl (C=O) groups excluding carboxylic acids is 1. The molecular formula is C16H17N7O. The number of rotatable bonds is 4. The van der Waals surface area contributed by atoms with E-state index in [0.717, 1.165) is 11.3 Å². The van der Waals surface area contributed by atoms with E-state index in [0.29, 0.717) is 11.5 Å². The second-order valence-electron chi connectivity index (χ2n) is 5.58. The van der Waals surface area contributed by atoms with Gasteiger partial charge in [0.05, 0.1) is 23.6 Å². The molecule has 0 radical (unpaired) electrons. The van der Waals surface area contributed by atoms with Crippen molar-refractivity contribution in [2.75, 3.05) is 5.32 Å². The summed E-state index contributed by atoms with van der Waals surface area (Å²) in [5.74, 6) is 0.259. The number of aryl methyl sites for hydroxylation is 1. The van der Waals surface area contributed by atoms with Gasteiger partial charge in [0.25, 0.3) is 5.91 Å². The van der Waals surface area contributed by atoms with Gasteiger partial charge < -0.3 is 5.32 Å². The fourth-order valence-corrected chi connectivity index (χ4v) is 2.20. The molecule has 0 aliphatic heterocycles. The summed E-state index contributed by atoms with van der Waals surface area (Å²) in [5.41, 5.74) is 2.35. The molecule has 0 fully saturated rings. The lowest BCUT2D eigenvalue weighted by Crippen LogP contribution is -2.15. The molecule has 0 saturated carbocycles. The van der Waals surface area contributed by atoms with Crippen molar-refractivity contribution >= 4 is 11.6 Å². The fourth-order valence-electron chi connectivity index (χ4n) is 2.20. The average Bonchev–Trinajstić information content (AvgIpc) is 3.05. The maximum absolute atomic E-state index is 12.4. The van der Waals surface area contributed by atoms with Gasteiger partial charge in [-0.1, -0.05) is 12.1 Å². The molecule has 24 heavy (non-hydrogen) atoms. The molecule has 8 nitrogen and oxygen atoms in total. The van der Waals surface area contributed by atoms with Gasteiger partial charge in [0.1, 0.15) is 5.69 Å². The third kappa shape index (κ3) is 3.12. The summed E-state index contributed by atoms with van der Waals surface area (Å²) in [5, 5.41) is 14.7. The Labute approximate surface area is 139 Å². The molecule has 0 unspecified atom stereocenters. The van der Waals surface area contributed by atoms with Crippen LogP contribution < -0.4 is 5.32 Å². The molecule has 0 atom stereocenters. The van der Waals surface area contributed by atoms with Crippen molar-refractivity contribution in [1.82, 2.24) is 30.2 Å². The molecule has 3 aromatic rings. The van der Waals surface area contributed by atoms with Crippen LogP contribution in [0.2, 0.25) is 0 Å². The number of amides is 1. The Morgan fingerprint density at radius 1 is 1.17 bits per heavy atom. The number of nitrogens with zero attached hydrogens (tertiary/aromatic N) is 6. The molecule has 1 aromatic carbocycles. The standard InChI is InChI=1S/C16H17N7O/c1-10(2)23-15(20-21-22-23)12-6-4-5-7-13(12)19-16(24)14-9-17-11(3)8-18-14/h4-10H,1-3H3,(H,19,24). The second-order valence-corrected chi connectivity index (χ2v) is 5.58. The SMILES string of the molecule is Cc1cnc(C(=O)Nc2ccccc2-c2nnnn2C(C)C)cn1. The highest BCUT2D eigenvalue weighted by Crippen LogP contribution is 2.27. The maximum Gasteiger partial charge on any atom is 0.275 e. The monoisotopic (exact) mass is 323 g/mol. The number of nitrogens with one attached hydrogen (secondary N) is 1. The normalized spacial score (nSPS) is 10.8. The van der Waals surface area contributed by atoms with Crippen LogP contribution in [0, 0.1) is 6.92 Å². The molecule has 2 aromatic heterocycles. The molecule has 0 saturated heterocycles. The van der Waals surface area contributed by atoms with Crippen LogP contribution >= 0.6 is 0 Å². The Morgan fingerprint density at radius 3 is 2.67 bits per heavy atom. The van der Waals surface area contributed by atoms with E-state index in [1.54, 1.807) is 16.9 Å². The van der Waals surface area contributed by atoms with Gasteiger partial charge >= 0.3 is 0 Å². The highest BCUT2D eigenvalue weighted by Gasteiger charge is 2.17. The van der Waals surface area contributed by atoms with E-state index >= 15 is 0 Å². The summed E-state index contributed by atoms with van der Waals surface area (Å²) < 4.78 is 1.71. The number of para-hydroxylation sites is 1. The van der Waals surface area contributed by atoms with Gasteiger partial charge in [-0.25, -0.2) is 9.67 Å². The number of aromatic nitrogens is 6. The minimum absolute atomic E-state index is 0.0988. The van der Waals surface area contributed by atoms with Gasteiger partial charge in [0.15, 0.2) is 5.82 Å². The van der Waals surface area contributed by atoms with Crippen LogP contribution in [0.4, 0.5) is 5.69 Å². The van der Waals surface area contributed by atoms with Crippen molar-refractivity contribution in [2.45, 2.75) is 26.8 Å². The Bertz CT molecular complexity index is 855. The molecule has 122 valence electrons. The molecule has 0 aliphatic rings. The summed E-state index contributed by atoms with van der Waals surface area (Å²) in [6.45, 7) is 5.79. The van der Waals surface area contributed by atoms with E-state index in [2.05, 4.69) is 30.8 Å². The van der Waals surface area contributed by atoms with Crippen molar-refractivity contribution in [3.63, 3.8) is 0 Å². The summed E-state index contributed by atoms with van der Waals surface area (Å²) >= 11 is 0. The molecular weight excluding hydrogens is 306 g/mol. The highest BCUT2D eigenvalue weighted by molar-refractivity contribution is 6.04. The molecule has 8 heteroatoms. The summed E-state index contributed by atoms with van der Waals surface area (Å²) in [6, 6.07) is 7.47. The van der Waals surface area contributed by atoms with Crippen molar-refractivity contribution in [2.24, 2.45) is 0 Å². The van der Waals surface area contributed by atoms with Crippen LogP contribution in [-0.4, -0.2) is 36.1 Å². The van der Waals surface area contributed by atoms with Crippen LogP contribution in [0.15, 0.2) is 36.7 Å². The third-order valence-electron chi connectivity index (χ3n) is 3.41. The first-order valence-corrected chi connectivity index (χ1v) is 7.53. The molecule has 0 bridgehead atoms. The highest BCUT2D eigenvalue weighted by atomic mass is 16.1. The van der Waals surface area contributed by atoms with Crippen molar-refractivity contribution < 1.29 is 4.79 Å². The van der Waals surface area contributed by atoms with Crippen LogP contribution in [0.3, 0.4) is 0 Å². The zero-order valence-corrected chi connectivity index (χ0v) is 13.6. The number of carbonyl (C=O) groups is 1. The van der Waals surface area contributed by atoms with Gasteiger partial charge in [-0.3, -0.25) is 9.78 Å². The fraction of sp³-hybridized carbons (Fsp3) is 0.250. The number of benzene rings is 1. The number of tetrazole rings is 1. The van der Waals surface area contributed by atoms with E-state index in [9.17, 15) is 4.79 Å². The predicted molar refractivity (Wildman–Crippen MR) is 88.4 cm³/mol. The molecule has 0 spiro atoms. The minimum Gasteiger partial charge on any atom is -0.320 e. The number of hydrogen-bond acceptors (Lipinski definition) is 6. The number of anilines is 1. The van der Waals surface area contributed by atoms with Crippen molar-refractivity contribution in [1.29, 1.82) is 0 Å². The Morgan fingerprint density at radius 2 is 1.96 bits per heavy atom. The largest absolute Gasteiger partial charge is 0.320 e. The Kier molecular flexibility index (Phi) is 4.28. The lowest BCUT2D eigenvalue weighted by atomic mass is 10.1. The van der Waals surface area contributed by atoms with E-state index < -0.39 is 0 Å². The van der Waals surface area contributed by atoms with Gasteiger partial charge in [-0.05, 0) is 43.3 Å². The lowest BCUT2D eigenvalue weighted by Gasteiger charge is -2.12. The summed E-state index contributed by atoms with van der Waals surface area (Å²) in [7, 11) is 0. The van der Waals surface area contributed by atoms with Gasteiger partial charge in [-0.15, -0.1) is 5.10 Å². The first kappa shape index (κ1) is 15.7. The second kappa shape index (κ2) is 6.53. The lowest BCUT2D eigenvalue weighted by molar-refractivity contribution is 0.102. The summed E-state index contributed by atoms with van der Waals surface area (Å²) in [6.07, 6.45) is 3.01. The first-order valence-electron chi connectivity index (χ1n) is 7.53. The maximum atomic E-state index is 12.4. The Balaban J connectivity index is 1.93. The quantitative estimate of drug-likeness (QED) is 0.791. The molecule has 3 rings (SSSR count). The van der Waals surface area contributed by atoms with Gasteiger partial charge in [-0.2, -0.15) is 0 Å². The van der Waals surface area contributed by atoms with Crippen LogP contribution in [0.25, 0.3) is 11.4 Å². The van der Waals surface area contributed by atoms with Gasteiger partial charge in [0.2, 0.25) is 0 Å². The first-order chi connectivity index (χ1) is 11.6. The minimum atomic E-state index is -0.335. The smallest absolute Gasteiger partial charge is 0.275 e. The molecule has 1 amide bonds. The van der Waals surface area contributed by atoms with Crippen LogP contribution in [0.1, 0.15) is 36.1 Å². The van der Waals surface area contributed by atoms with Crippen LogP contribution in [-0.2, 0) is 0 Å². The summed E-state index contributed by atoms with van der Waals surface area (Å²) in [4.78, 5) is 20.6. The molecule has 0 aliphatic carbocycles. The van der Waals surface area contributed by atoms with E-state index in [-0.39, 0.29) is 17.6 Å². The molecule has 2 heterocycles. The zero-order chi connectivity index (χ0) is 17.1. The van der Waals surface area contributed by atoms with E-state index in [1.165, 1.54) is 6.20 Å². The number of hydrogen-bond donors (Lipinski definition) is 1. The zero-order valence-electron chi connectivity index (χ0n) is 13.6. The predicted octanol–water partition coefficient (Wildman–Crippen LogP) is 2.27. The van der Waals surface area contributed by atoms with Crippen molar-refractivity contribution in [3.05, 3.63) is 48.0 Å². The topological polar surface area (TPSA) is 98.5 Å². The average molecular weight is 323 g/mol. The molecule has 1 N–H and O–H groups in total.